The lowest BCUT2D eigenvalue weighted by Gasteiger charge is -2.07. The van der Waals surface area contributed by atoms with E-state index in [0.29, 0.717) is 21.5 Å². The van der Waals surface area contributed by atoms with Crippen LogP contribution in [0, 0.1) is 10.1 Å². The molecule has 0 aliphatic rings. The Morgan fingerprint density at radius 3 is 2.72 bits per heavy atom. The van der Waals surface area contributed by atoms with Crippen LogP contribution in [0.2, 0.25) is 10.0 Å². The number of nitrogens with one attached hydrogen (secondary N) is 1. The molecule has 0 radical (unpaired) electrons. The average molecular weight is 401 g/mol. The Morgan fingerprint density at radius 2 is 2.04 bits per heavy atom. The van der Waals surface area contributed by atoms with Crippen molar-refractivity contribution in [2.75, 3.05) is 24.7 Å². The maximum atomic E-state index is 12.0. The first kappa shape index (κ1) is 19.4. The second kappa shape index (κ2) is 8.94. The topological polar surface area (TPSA) is 81.5 Å². The largest absolute Gasteiger partial charge is 0.461 e. The Balaban J connectivity index is 1.93. The van der Waals surface area contributed by atoms with E-state index < -0.39 is 10.9 Å². The van der Waals surface area contributed by atoms with Crippen LogP contribution in [0.5, 0.6) is 0 Å². The number of anilines is 1. The summed E-state index contributed by atoms with van der Waals surface area (Å²) >= 11 is 13.4. The van der Waals surface area contributed by atoms with E-state index in [9.17, 15) is 14.9 Å². The molecule has 0 amide bonds. The molecule has 0 spiro atoms. The number of nitro benzene ring substituents is 1. The van der Waals surface area contributed by atoms with Gasteiger partial charge in [0, 0.05) is 28.8 Å². The van der Waals surface area contributed by atoms with E-state index in [-0.39, 0.29) is 17.9 Å². The zero-order valence-electron chi connectivity index (χ0n) is 13.1. The number of nitro groups is 1. The number of ether oxygens (including phenoxy) is 1. The summed E-state index contributed by atoms with van der Waals surface area (Å²) in [6, 6.07) is 9.25. The highest BCUT2D eigenvalue weighted by atomic mass is 35.5. The second-order valence-corrected chi connectivity index (χ2v) is 6.78. The van der Waals surface area contributed by atoms with E-state index >= 15 is 0 Å². The van der Waals surface area contributed by atoms with Gasteiger partial charge in [-0.05, 0) is 30.3 Å². The van der Waals surface area contributed by atoms with E-state index in [4.69, 9.17) is 27.9 Å². The normalized spacial score (nSPS) is 10.4. The maximum Gasteiger partial charge on any atom is 0.338 e. The summed E-state index contributed by atoms with van der Waals surface area (Å²) in [6.07, 6.45) is 0. The first-order chi connectivity index (χ1) is 11.9. The molecule has 0 aliphatic heterocycles. The van der Waals surface area contributed by atoms with Gasteiger partial charge in [0.25, 0.3) is 5.69 Å². The SMILES string of the molecule is CNc1ccc(C(=O)OCCSc2cc(Cl)ccc2Cl)cc1[N+](=O)[O-]. The van der Waals surface area contributed by atoms with Crippen LogP contribution < -0.4 is 5.32 Å². The minimum absolute atomic E-state index is 0.122. The zero-order valence-corrected chi connectivity index (χ0v) is 15.5. The molecule has 2 aromatic carbocycles. The number of hydrogen-bond donors (Lipinski definition) is 1. The fraction of sp³-hybridized carbons (Fsp3) is 0.188. The molecule has 0 aliphatic carbocycles. The van der Waals surface area contributed by atoms with Crippen molar-refractivity contribution in [1.29, 1.82) is 0 Å². The Kier molecular flexibility index (Phi) is 6.92. The van der Waals surface area contributed by atoms with E-state index in [0.717, 1.165) is 4.90 Å². The molecule has 2 aromatic rings. The molecule has 0 saturated heterocycles. The van der Waals surface area contributed by atoms with E-state index in [1.54, 1.807) is 25.2 Å². The van der Waals surface area contributed by atoms with Crippen LogP contribution >= 0.6 is 35.0 Å². The van der Waals surface area contributed by atoms with Crippen molar-refractivity contribution in [3.8, 4) is 0 Å². The van der Waals surface area contributed by atoms with Gasteiger partial charge >= 0.3 is 5.97 Å². The molecule has 9 heteroatoms. The Labute approximate surface area is 158 Å². The minimum Gasteiger partial charge on any atom is -0.461 e. The molecule has 0 bridgehead atoms. The molecule has 0 atom stereocenters. The first-order valence-electron chi connectivity index (χ1n) is 7.13. The molecule has 0 heterocycles. The summed E-state index contributed by atoms with van der Waals surface area (Å²) in [5.41, 5.74) is 0.265. The van der Waals surface area contributed by atoms with Crippen molar-refractivity contribution in [3.05, 3.63) is 62.1 Å². The summed E-state index contributed by atoms with van der Waals surface area (Å²) in [4.78, 5) is 23.3. The third kappa shape index (κ3) is 5.26. The van der Waals surface area contributed by atoms with Gasteiger partial charge in [-0.25, -0.2) is 4.79 Å². The molecule has 0 fully saturated rings. The molecule has 2 rings (SSSR count). The highest BCUT2D eigenvalue weighted by Crippen LogP contribution is 2.30. The summed E-state index contributed by atoms with van der Waals surface area (Å²) in [5, 5.41) is 14.9. The smallest absolute Gasteiger partial charge is 0.338 e. The summed E-state index contributed by atoms with van der Waals surface area (Å²) < 4.78 is 5.15. The number of thioether (sulfide) groups is 1. The third-order valence-corrected chi connectivity index (χ3v) is 4.86. The molecule has 0 aromatic heterocycles. The number of nitrogens with zero attached hydrogens (tertiary/aromatic N) is 1. The van der Waals surface area contributed by atoms with Crippen molar-refractivity contribution in [2.24, 2.45) is 0 Å². The van der Waals surface area contributed by atoms with Crippen molar-refractivity contribution >= 4 is 52.3 Å². The van der Waals surface area contributed by atoms with Crippen LogP contribution in [-0.4, -0.2) is 30.3 Å². The van der Waals surface area contributed by atoms with Gasteiger partial charge in [-0.15, -0.1) is 11.8 Å². The van der Waals surface area contributed by atoms with Gasteiger partial charge in [-0.3, -0.25) is 10.1 Å². The molecule has 25 heavy (non-hydrogen) atoms. The van der Waals surface area contributed by atoms with Gasteiger partial charge in [0.05, 0.1) is 15.5 Å². The van der Waals surface area contributed by atoms with Gasteiger partial charge in [-0.1, -0.05) is 23.2 Å². The monoisotopic (exact) mass is 400 g/mol. The lowest BCUT2D eigenvalue weighted by molar-refractivity contribution is -0.384. The zero-order chi connectivity index (χ0) is 18.4. The predicted octanol–water partition coefficient (Wildman–Crippen LogP) is 4.89. The van der Waals surface area contributed by atoms with Crippen LogP contribution in [0.15, 0.2) is 41.3 Å². The number of hydrogen-bond acceptors (Lipinski definition) is 6. The van der Waals surface area contributed by atoms with Crippen molar-refractivity contribution in [2.45, 2.75) is 4.90 Å². The van der Waals surface area contributed by atoms with E-state index in [1.165, 1.54) is 30.0 Å². The lowest BCUT2D eigenvalue weighted by atomic mass is 10.1. The Morgan fingerprint density at radius 1 is 1.28 bits per heavy atom. The van der Waals surface area contributed by atoms with Crippen LogP contribution in [-0.2, 0) is 4.74 Å². The fourth-order valence-electron chi connectivity index (χ4n) is 1.98. The standard InChI is InChI=1S/C16H14Cl2N2O4S/c1-19-13-5-2-10(8-14(13)20(22)23)16(21)24-6-7-25-15-9-11(17)3-4-12(15)18/h2-5,8-9,19H,6-7H2,1H3. The van der Waals surface area contributed by atoms with Crippen LogP contribution in [0.4, 0.5) is 11.4 Å². The van der Waals surface area contributed by atoms with Gasteiger partial charge < -0.3 is 10.1 Å². The molecule has 0 unspecified atom stereocenters. The van der Waals surface area contributed by atoms with Gasteiger partial charge in [0.1, 0.15) is 12.3 Å². The minimum atomic E-state index is -0.622. The average Bonchev–Trinajstić information content (AvgIpc) is 2.60. The van der Waals surface area contributed by atoms with Crippen molar-refractivity contribution in [1.82, 2.24) is 0 Å². The molecule has 132 valence electrons. The summed E-state index contributed by atoms with van der Waals surface area (Å²) in [6.45, 7) is 0.133. The number of carbonyl (C=O) groups excluding carboxylic acids is 1. The third-order valence-electron chi connectivity index (χ3n) is 3.17. The molecular formula is C16H14Cl2N2O4S. The summed E-state index contributed by atoms with van der Waals surface area (Å²) in [7, 11) is 1.57. The quantitative estimate of drug-likeness (QED) is 0.234. The number of esters is 1. The molecule has 1 N–H and O–H groups in total. The van der Waals surface area contributed by atoms with Crippen LogP contribution in [0.1, 0.15) is 10.4 Å². The number of carbonyl (C=O) groups is 1. The number of halogens is 2. The lowest BCUT2D eigenvalue weighted by Crippen LogP contribution is -2.09. The fourth-order valence-corrected chi connectivity index (χ4v) is 3.30. The molecule has 0 saturated carbocycles. The number of benzene rings is 2. The predicted molar refractivity (Wildman–Crippen MR) is 100 cm³/mol. The summed E-state index contributed by atoms with van der Waals surface area (Å²) in [5.74, 6) is -0.147. The van der Waals surface area contributed by atoms with Gasteiger partial charge in [0.2, 0.25) is 0 Å². The van der Waals surface area contributed by atoms with Gasteiger partial charge in [-0.2, -0.15) is 0 Å². The van der Waals surface area contributed by atoms with Crippen molar-refractivity contribution in [3.63, 3.8) is 0 Å². The molecular weight excluding hydrogens is 387 g/mol. The van der Waals surface area contributed by atoms with E-state index in [2.05, 4.69) is 5.32 Å². The van der Waals surface area contributed by atoms with Crippen LogP contribution in [0.25, 0.3) is 0 Å². The van der Waals surface area contributed by atoms with E-state index in [1.807, 2.05) is 0 Å². The first-order valence-corrected chi connectivity index (χ1v) is 8.87. The Hall–Kier alpha value is -1.96. The van der Waals surface area contributed by atoms with Crippen LogP contribution in [0.3, 0.4) is 0 Å². The highest BCUT2D eigenvalue weighted by Gasteiger charge is 2.17. The Bertz CT molecular complexity index is 802. The number of rotatable bonds is 7. The highest BCUT2D eigenvalue weighted by molar-refractivity contribution is 7.99. The van der Waals surface area contributed by atoms with Crippen molar-refractivity contribution < 1.29 is 14.5 Å². The van der Waals surface area contributed by atoms with Gasteiger partial charge in [0.15, 0.2) is 0 Å². The second-order valence-electron chi connectivity index (χ2n) is 4.80. The maximum absolute atomic E-state index is 12.0. The molecule has 6 nitrogen and oxygen atoms in total.